The first-order chi connectivity index (χ1) is 14.5. The Balaban J connectivity index is 1.58. The number of piperidine rings is 1. The van der Waals surface area contributed by atoms with Crippen LogP contribution in [0.25, 0.3) is 10.9 Å². The van der Waals surface area contributed by atoms with Gasteiger partial charge in [0.2, 0.25) is 0 Å². The van der Waals surface area contributed by atoms with Crippen LogP contribution in [0.5, 0.6) is 0 Å². The molecule has 30 heavy (non-hydrogen) atoms. The van der Waals surface area contributed by atoms with Gasteiger partial charge < -0.3 is 19.9 Å². The van der Waals surface area contributed by atoms with Crippen molar-refractivity contribution in [3.63, 3.8) is 0 Å². The van der Waals surface area contributed by atoms with Gasteiger partial charge in [-0.25, -0.2) is 9.37 Å². The van der Waals surface area contributed by atoms with Crippen LogP contribution < -0.4 is 15.8 Å². The molecule has 3 aromatic rings. The van der Waals surface area contributed by atoms with Gasteiger partial charge in [0, 0.05) is 54.8 Å². The second-order valence-corrected chi connectivity index (χ2v) is 8.20. The lowest BCUT2D eigenvalue weighted by molar-refractivity contribution is 0.209. The van der Waals surface area contributed by atoms with E-state index in [9.17, 15) is 14.3 Å². The zero-order valence-electron chi connectivity index (χ0n) is 17.3. The van der Waals surface area contributed by atoms with Crippen LogP contribution in [0.4, 0.5) is 21.6 Å². The van der Waals surface area contributed by atoms with Crippen molar-refractivity contribution in [1.82, 2.24) is 9.55 Å². The molecule has 0 amide bonds. The summed E-state index contributed by atoms with van der Waals surface area (Å²) in [6.45, 7) is 5.82. The van der Waals surface area contributed by atoms with Crippen molar-refractivity contribution in [3.05, 3.63) is 58.8 Å². The molecule has 0 aliphatic carbocycles. The van der Waals surface area contributed by atoms with Crippen molar-refractivity contribution in [2.75, 3.05) is 29.9 Å². The summed E-state index contributed by atoms with van der Waals surface area (Å²) < 4.78 is 15.4. The minimum Gasteiger partial charge on any atom is -0.396 e. The Kier molecular flexibility index (Phi) is 5.72. The number of aromatic nitrogens is 2. The van der Waals surface area contributed by atoms with E-state index in [0.717, 1.165) is 37.3 Å². The molecule has 1 atom stereocenters. The normalized spacial score (nSPS) is 17.0. The minimum atomic E-state index is -0.768. The number of hydrogen-bond acceptors (Lipinski definition) is 5. The Bertz CT molecular complexity index is 1090. The van der Waals surface area contributed by atoms with Gasteiger partial charge in [-0.05, 0) is 62.9 Å². The number of hydrogen-bond donors (Lipinski definition) is 2. The highest BCUT2D eigenvalue weighted by molar-refractivity contribution is 5.81. The van der Waals surface area contributed by atoms with Gasteiger partial charge in [-0.15, -0.1) is 0 Å². The highest BCUT2D eigenvalue weighted by Crippen LogP contribution is 2.26. The number of pyridine rings is 2. The predicted octanol–water partition coefficient (Wildman–Crippen LogP) is 4.07. The molecule has 1 unspecified atom stereocenters. The highest BCUT2D eigenvalue weighted by Gasteiger charge is 2.19. The average Bonchev–Trinajstić information content (AvgIpc) is 2.75. The zero-order chi connectivity index (χ0) is 21.3. The fourth-order valence-electron chi connectivity index (χ4n) is 4.13. The molecule has 1 aromatic carbocycles. The summed E-state index contributed by atoms with van der Waals surface area (Å²) in [7, 11) is 0. The smallest absolute Gasteiger partial charge is 0.287 e. The Morgan fingerprint density at radius 2 is 2.03 bits per heavy atom. The molecule has 158 valence electrons. The number of aliphatic hydroxyl groups is 1. The molecule has 0 radical (unpaired) electrons. The molecule has 2 N–H and O–H groups in total. The number of benzene rings is 1. The zero-order valence-corrected chi connectivity index (χ0v) is 17.3. The van der Waals surface area contributed by atoms with Gasteiger partial charge in [0.15, 0.2) is 5.82 Å². The fraction of sp³-hybridized carbons (Fsp3) is 0.391. The molecule has 3 heterocycles. The Hall–Kier alpha value is -2.93. The van der Waals surface area contributed by atoms with Crippen molar-refractivity contribution in [1.29, 1.82) is 0 Å². The second-order valence-electron chi connectivity index (χ2n) is 8.20. The standard InChI is InChI=1S/C23H27FN4O2/c1-15(2)28-21-11-22(25-12-17(21)10-20(24)23(28)30)26-18-5-7-19(8-6-18)27-9-3-4-16(13-27)14-29/h5-8,10-12,15-16,29H,3-4,9,13-14H2,1-2H3,(H,25,26). The van der Waals surface area contributed by atoms with Gasteiger partial charge in [-0.2, -0.15) is 0 Å². The van der Waals surface area contributed by atoms with Gasteiger partial charge in [0.1, 0.15) is 5.82 Å². The first kappa shape index (κ1) is 20.3. The van der Waals surface area contributed by atoms with Crippen LogP contribution in [0.2, 0.25) is 0 Å². The molecule has 0 spiro atoms. The number of rotatable bonds is 5. The fourth-order valence-corrected chi connectivity index (χ4v) is 4.13. The molecule has 1 fully saturated rings. The van der Waals surface area contributed by atoms with E-state index in [1.165, 1.54) is 10.6 Å². The Morgan fingerprint density at radius 3 is 2.73 bits per heavy atom. The SMILES string of the molecule is CC(C)n1c(=O)c(F)cc2cnc(Nc3ccc(N4CCCC(CO)C4)cc3)cc21. The molecule has 1 aliphatic rings. The Morgan fingerprint density at radius 1 is 1.27 bits per heavy atom. The summed E-state index contributed by atoms with van der Waals surface area (Å²) >= 11 is 0. The lowest BCUT2D eigenvalue weighted by Crippen LogP contribution is -2.36. The summed E-state index contributed by atoms with van der Waals surface area (Å²) in [5.41, 5.74) is 2.03. The molecule has 7 heteroatoms. The lowest BCUT2D eigenvalue weighted by Gasteiger charge is -2.33. The molecule has 4 rings (SSSR count). The maximum Gasteiger partial charge on any atom is 0.287 e. The lowest BCUT2D eigenvalue weighted by atomic mass is 9.98. The number of nitrogens with zero attached hydrogens (tertiary/aromatic N) is 3. The maximum atomic E-state index is 14.0. The van der Waals surface area contributed by atoms with Crippen LogP contribution >= 0.6 is 0 Å². The quantitative estimate of drug-likeness (QED) is 0.664. The van der Waals surface area contributed by atoms with E-state index >= 15 is 0 Å². The van der Waals surface area contributed by atoms with Gasteiger partial charge in [0.05, 0.1) is 5.52 Å². The first-order valence-corrected chi connectivity index (χ1v) is 10.4. The van der Waals surface area contributed by atoms with Gasteiger partial charge in [-0.1, -0.05) is 0 Å². The van der Waals surface area contributed by atoms with Crippen LogP contribution in [-0.4, -0.2) is 34.4 Å². The predicted molar refractivity (Wildman–Crippen MR) is 118 cm³/mol. The third kappa shape index (κ3) is 4.03. The van der Waals surface area contributed by atoms with Crippen molar-refractivity contribution < 1.29 is 9.50 Å². The van der Waals surface area contributed by atoms with E-state index in [1.54, 1.807) is 12.3 Å². The van der Waals surface area contributed by atoms with E-state index in [1.807, 2.05) is 26.0 Å². The minimum absolute atomic E-state index is 0.169. The van der Waals surface area contributed by atoms with Crippen molar-refractivity contribution >= 4 is 28.1 Å². The molecule has 0 saturated carbocycles. The van der Waals surface area contributed by atoms with E-state index < -0.39 is 11.4 Å². The molecule has 0 bridgehead atoms. The number of nitrogens with one attached hydrogen (secondary N) is 1. The second kappa shape index (κ2) is 8.44. The summed E-state index contributed by atoms with van der Waals surface area (Å²) in [6.07, 6.45) is 3.74. The largest absolute Gasteiger partial charge is 0.396 e. The van der Waals surface area contributed by atoms with Crippen molar-refractivity contribution in [2.24, 2.45) is 5.92 Å². The molecular formula is C23H27FN4O2. The first-order valence-electron chi connectivity index (χ1n) is 10.4. The number of fused-ring (bicyclic) bond motifs is 1. The summed E-state index contributed by atoms with van der Waals surface area (Å²) in [4.78, 5) is 18.9. The van der Waals surface area contributed by atoms with Crippen LogP contribution in [0.3, 0.4) is 0 Å². The molecule has 2 aromatic heterocycles. The van der Waals surface area contributed by atoms with E-state index in [-0.39, 0.29) is 12.6 Å². The van der Waals surface area contributed by atoms with Gasteiger partial charge >= 0.3 is 0 Å². The molecule has 1 aliphatic heterocycles. The third-order valence-corrected chi connectivity index (χ3v) is 5.68. The monoisotopic (exact) mass is 410 g/mol. The topological polar surface area (TPSA) is 70.4 Å². The van der Waals surface area contributed by atoms with E-state index in [0.29, 0.717) is 22.6 Å². The van der Waals surface area contributed by atoms with Crippen LogP contribution in [-0.2, 0) is 0 Å². The van der Waals surface area contributed by atoms with Crippen molar-refractivity contribution in [3.8, 4) is 0 Å². The van der Waals surface area contributed by atoms with Crippen molar-refractivity contribution in [2.45, 2.75) is 32.7 Å². The van der Waals surface area contributed by atoms with Crippen LogP contribution in [0.15, 0.2) is 47.4 Å². The van der Waals surface area contributed by atoms with Gasteiger partial charge in [-0.3, -0.25) is 4.79 Å². The summed E-state index contributed by atoms with van der Waals surface area (Å²) in [5, 5.41) is 13.3. The average molecular weight is 410 g/mol. The van der Waals surface area contributed by atoms with Crippen LogP contribution in [0.1, 0.15) is 32.7 Å². The summed E-state index contributed by atoms with van der Waals surface area (Å²) in [5.74, 6) is 0.158. The third-order valence-electron chi connectivity index (χ3n) is 5.68. The number of anilines is 3. The van der Waals surface area contributed by atoms with Gasteiger partial charge in [0.25, 0.3) is 5.56 Å². The molecular weight excluding hydrogens is 383 g/mol. The van der Waals surface area contributed by atoms with Crippen LogP contribution in [0, 0.1) is 11.7 Å². The number of aliphatic hydroxyl groups excluding tert-OH is 1. The van der Waals surface area contributed by atoms with E-state index in [4.69, 9.17) is 0 Å². The maximum absolute atomic E-state index is 14.0. The Labute approximate surface area is 175 Å². The summed E-state index contributed by atoms with van der Waals surface area (Å²) in [6, 6.07) is 10.9. The number of halogens is 1. The molecule has 6 nitrogen and oxygen atoms in total. The van der Waals surface area contributed by atoms with E-state index in [2.05, 4.69) is 27.3 Å². The molecule has 1 saturated heterocycles. The highest BCUT2D eigenvalue weighted by atomic mass is 19.1.